The molecule has 0 saturated carbocycles. The Morgan fingerprint density at radius 1 is 0.972 bits per heavy atom. The molecule has 0 aliphatic carbocycles. The summed E-state index contributed by atoms with van der Waals surface area (Å²) in [6, 6.07) is 21.3. The van der Waals surface area contributed by atoms with Gasteiger partial charge < -0.3 is 0 Å². The van der Waals surface area contributed by atoms with Crippen molar-refractivity contribution in [1.29, 1.82) is 0 Å². The molecule has 1 N–H and O–H groups in total. The first-order valence-corrected chi connectivity index (χ1v) is 12.8. The molecule has 1 unspecified atom stereocenters. The number of rotatable bonds is 5. The van der Waals surface area contributed by atoms with Gasteiger partial charge in [0.1, 0.15) is 6.54 Å². The van der Waals surface area contributed by atoms with Crippen molar-refractivity contribution >= 4 is 44.9 Å². The van der Waals surface area contributed by atoms with Gasteiger partial charge in [-0.15, -0.1) is 0 Å². The first kappa shape index (κ1) is 26.0. The van der Waals surface area contributed by atoms with Crippen LogP contribution in [0, 0.1) is 0 Å². The normalized spacial score (nSPS) is 16.7. The quantitative estimate of drug-likeness (QED) is 0.325. The van der Waals surface area contributed by atoms with E-state index in [-0.39, 0.29) is 17.4 Å². The summed E-state index contributed by atoms with van der Waals surface area (Å²) in [6.07, 6.45) is -4.65. The number of hydrazone groups is 1. The van der Waals surface area contributed by atoms with Crippen LogP contribution >= 0.6 is 23.2 Å². The lowest BCUT2D eigenvalue weighted by Gasteiger charge is -2.20. The van der Waals surface area contributed by atoms with Crippen molar-refractivity contribution in [3.8, 4) is 0 Å². The highest BCUT2D eigenvalue weighted by atomic mass is 35.5. The van der Waals surface area contributed by atoms with Crippen molar-refractivity contribution in [2.24, 2.45) is 10.1 Å². The summed E-state index contributed by atoms with van der Waals surface area (Å²) in [5, 5.41) is 6.45. The molecule has 0 fully saturated rings. The molecule has 1 aliphatic rings. The Balaban J connectivity index is 1.74. The van der Waals surface area contributed by atoms with Gasteiger partial charge >= 0.3 is 6.18 Å². The Kier molecular flexibility index (Phi) is 7.58. The molecular formula is C24H19Cl2F3N4O2S. The molecular weight excluding hydrogens is 536 g/mol. The van der Waals surface area contributed by atoms with E-state index in [0.717, 1.165) is 10.6 Å². The molecule has 3 aromatic rings. The minimum Gasteiger partial charge on any atom is -0.248 e. The van der Waals surface area contributed by atoms with Crippen molar-refractivity contribution in [1.82, 2.24) is 9.73 Å². The van der Waals surface area contributed by atoms with Crippen LogP contribution in [0.5, 0.6) is 0 Å². The van der Waals surface area contributed by atoms with Crippen LogP contribution in [0.4, 0.5) is 13.2 Å². The van der Waals surface area contributed by atoms with Crippen molar-refractivity contribution in [3.05, 3.63) is 100 Å². The molecule has 0 saturated heterocycles. The molecule has 1 aliphatic heterocycles. The molecule has 36 heavy (non-hydrogen) atoms. The van der Waals surface area contributed by atoms with E-state index in [0.29, 0.717) is 21.3 Å². The SMILES string of the molecule is O=S(=O)(NC(=NCC(F)(F)F)N1CC(c2ccccc2)C(c2ccc(Cl)cc2)=N1)c1ccc(Cl)cc1. The average Bonchev–Trinajstić information content (AvgIpc) is 3.28. The molecule has 188 valence electrons. The standard InChI is InChI=1S/C24H19Cl2F3N4O2S/c25-18-8-6-17(7-9-18)22-21(16-4-2-1-3-5-16)14-33(31-22)23(30-15-24(27,28)29)32-36(34,35)20-12-10-19(26)11-13-20/h1-13,21H,14-15H2,(H,30,32). The number of hydrogen-bond donors (Lipinski definition) is 1. The fourth-order valence-electron chi connectivity index (χ4n) is 3.59. The molecule has 1 atom stereocenters. The number of sulfonamides is 1. The number of benzene rings is 3. The molecule has 3 aromatic carbocycles. The number of guanidine groups is 1. The van der Waals surface area contributed by atoms with Gasteiger partial charge in [0.15, 0.2) is 0 Å². The van der Waals surface area contributed by atoms with E-state index in [4.69, 9.17) is 23.2 Å². The zero-order chi connectivity index (χ0) is 25.9. The number of hydrogen-bond acceptors (Lipinski definition) is 4. The lowest BCUT2D eigenvalue weighted by Crippen LogP contribution is -2.42. The first-order valence-electron chi connectivity index (χ1n) is 10.6. The number of aliphatic imine (C=N–C) groups is 1. The molecule has 4 rings (SSSR count). The van der Waals surface area contributed by atoms with Gasteiger partial charge in [0, 0.05) is 16.0 Å². The Morgan fingerprint density at radius 3 is 2.14 bits per heavy atom. The molecule has 1 heterocycles. The van der Waals surface area contributed by atoms with Gasteiger partial charge in [0.05, 0.1) is 17.2 Å². The van der Waals surface area contributed by atoms with Gasteiger partial charge in [-0.05, 0) is 47.5 Å². The highest BCUT2D eigenvalue weighted by Crippen LogP contribution is 2.30. The van der Waals surface area contributed by atoms with Gasteiger partial charge in [0.2, 0.25) is 5.96 Å². The van der Waals surface area contributed by atoms with Crippen LogP contribution in [-0.2, 0) is 10.0 Å². The summed E-state index contributed by atoms with van der Waals surface area (Å²) in [5.74, 6) is -0.921. The lowest BCUT2D eigenvalue weighted by molar-refractivity contribution is -0.118. The van der Waals surface area contributed by atoms with Gasteiger partial charge in [-0.2, -0.15) is 18.3 Å². The van der Waals surface area contributed by atoms with Gasteiger partial charge in [-0.25, -0.2) is 23.1 Å². The number of nitrogens with one attached hydrogen (secondary N) is 1. The molecule has 0 radical (unpaired) electrons. The van der Waals surface area contributed by atoms with Crippen LogP contribution < -0.4 is 4.72 Å². The van der Waals surface area contributed by atoms with Gasteiger partial charge in [0.25, 0.3) is 10.0 Å². The second-order valence-corrected chi connectivity index (χ2v) is 10.4. The van der Waals surface area contributed by atoms with Crippen LogP contribution in [0.15, 0.2) is 93.9 Å². The van der Waals surface area contributed by atoms with E-state index in [1.54, 1.807) is 24.3 Å². The number of alkyl halides is 3. The van der Waals surface area contributed by atoms with Crippen molar-refractivity contribution in [2.45, 2.75) is 17.0 Å². The maximum atomic E-state index is 13.1. The Bertz CT molecular complexity index is 1380. The average molecular weight is 555 g/mol. The smallest absolute Gasteiger partial charge is 0.248 e. The Hall–Kier alpha value is -3.08. The van der Waals surface area contributed by atoms with E-state index < -0.39 is 28.7 Å². The van der Waals surface area contributed by atoms with E-state index in [9.17, 15) is 21.6 Å². The van der Waals surface area contributed by atoms with Crippen LogP contribution in [0.1, 0.15) is 17.0 Å². The second-order valence-electron chi connectivity index (χ2n) is 7.85. The first-order chi connectivity index (χ1) is 17.0. The highest BCUT2D eigenvalue weighted by molar-refractivity contribution is 7.90. The maximum Gasteiger partial charge on any atom is 0.408 e. The van der Waals surface area contributed by atoms with Crippen molar-refractivity contribution in [2.75, 3.05) is 13.1 Å². The largest absolute Gasteiger partial charge is 0.408 e. The molecule has 0 bridgehead atoms. The molecule has 0 spiro atoms. The van der Waals surface area contributed by atoms with Crippen LogP contribution in [-0.4, -0.2) is 44.4 Å². The van der Waals surface area contributed by atoms with E-state index in [1.807, 2.05) is 30.3 Å². The predicted octanol–water partition coefficient (Wildman–Crippen LogP) is 5.69. The maximum absolute atomic E-state index is 13.1. The van der Waals surface area contributed by atoms with Gasteiger partial charge in [-0.1, -0.05) is 65.7 Å². The summed E-state index contributed by atoms with van der Waals surface area (Å²) < 4.78 is 67.3. The predicted molar refractivity (Wildman–Crippen MR) is 134 cm³/mol. The number of halogens is 5. The minimum absolute atomic E-state index is 0.0573. The molecule has 0 aromatic heterocycles. The third-order valence-corrected chi connectivity index (χ3v) is 7.11. The zero-order valence-corrected chi connectivity index (χ0v) is 20.8. The summed E-state index contributed by atoms with van der Waals surface area (Å²) in [6.45, 7) is -1.54. The fraction of sp³-hybridized carbons (Fsp3) is 0.167. The summed E-state index contributed by atoms with van der Waals surface area (Å²) in [7, 11) is -4.29. The Labute approximate surface area is 216 Å². The minimum atomic E-state index is -4.65. The van der Waals surface area contributed by atoms with E-state index >= 15 is 0 Å². The van der Waals surface area contributed by atoms with Crippen molar-refractivity contribution < 1.29 is 21.6 Å². The molecule has 12 heteroatoms. The van der Waals surface area contributed by atoms with Crippen LogP contribution in [0.25, 0.3) is 0 Å². The zero-order valence-electron chi connectivity index (χ0n) is 18.5. The second kappa shape index (κ2) is 10.5. The van der Waals surface area contributed by atoms with E-state index in [1.165, 1.54) is 24.3 Å². The van der Waals surface area contributed by atoms with Gasteiger partial charge in [-0.3, -0.25) is 0 Å². The highest BCUT2D eigenvalue weighted by Gasteiger charge is 2.34. The third-order valence-electron chi connectivity index (χ3n) is 5.26. The monoisotopic (exact) mass is 554 g/mol. The molecule has 6 nitrogen and oxygen atoms in total. The van der Waals surface area contributed by atoms with Crippen LogP contribution in [0.2, 0.25) is 10.0 Å². The lowest BCUT2D eigenvalue weighted by atomic mass is 9.91. The van der Waals surface area contributed by atoms with E-state index in [2.05, 4.69) is 14.8 Å². The molecule has 0 amide bonds. The summed E-state index contributed by atoms with van der Waals surface area (Å²) >= 11 is 11.8. The summed E-state index contributed by atoms with van der Waals surface area (Å²) in [4.78, 5) is 3.36. The topological polar surface area (TPSA) is 74.1 Å². The van der Waals surface area contributed by atoms with Crippen molar-refractivity contribution in [3.63, 3.8) is 0 Å². The summed E-state index contributed by atoms with van der Waals surface area (Å²) in [5.41, 5.74) is 2.07. The fourth-order valence-corrected chi connectivity index (χ4v) is 4.86. The van der Waals surface area contributed by atoms with Crippen LogP contribution in [0.3, 0.4) is 0 Å². The Morgan fingerprint density at radius 2 is 1.56 bits per heavy atom. The third kappa shape index (κ3) is 6.37. The number of nitrogens with zero attached hydrogens (tertiary/aromatic N) is 3.